The van der Waals surface area contributed by atoms with Crippen molar-refractivity contribution < 1.29 is 0 Å². The summed E-state index contributed by atoms with van der Waals surface area (Å²) < 4.78 is 0. The normalized spacial score (nSPS) is 35.1. The average Bonchev–Trinajstić information content (AvgIpc) is 3.19. The van der Waals surface area contributed by atoms with E-state index in [2.05, 4.69) is 82.6 Å². The maximum atomic E-state index is 2.69. The Labute approximate surface area is 131 Å². The number of anilines is 1. The van der Waals surface area contributed by atoms with Crippen LogP contribution in [0.1, 0.15) is 11.6 Å². The first kappa shape index (κ1) is 12.5. The van der Waals surface area contributed by atoms with Crippen molar-refractivity contribution in [1.82, 2.24) is 4.90 Å². The monoisotopic (exact) mass is 288 g/mol. The van der Waals surface area contributed by atoms with Crippen molar-refractivity contribution in [2.75, 3.05) is 24.5 Å². The first-order valence-electron chi connectivity index (χ1n) is 8.17. The summed E-state index contributed by atoms with van der Waals surface area (Å²) in [7, 11) is 0. The van der Waals surface area contributed by atoms with Crippen molar-refractivity contribution in [3.8, 4) is 0 Å². The van der Waals surface area contributed by atoms with E-state index in [1.807, 2.05) is 0 Å². The number of hydrogen-bond donors (Lipinski definition) is 0. The third-order valence-corrected chi connectivity index (χ3v) is 5.61. The second kappa shape index (κ2) is 4.47. The molecule has 0 aliphatic carbocycles. The molecule has 110 valence electrons. The fourth-order valence-corrected chi connectivity index (χ4v) is 4.39. The van der Waals surface area contributed by atoms with E-state index in [1.165, 1.54) is 17.8 Å². The number of nitrogens with zero attached hydrogens (tertiary/aromatic N) is 2. The van der Waals surface area contributed by atoms with E-state index in [0.29, 0.717) is 17.5 Å². The summed E-state index contributed by atoms with van der Waals surface area (Å²) in [6, 6.07) is 22.2. The van der Waals surface area contributed by atoms with Gasteiger partial charge in [-0.1, -0.05) is 60.7 Å². The molecule has 3 aliphatic rings. The molecular weight excluding hydrogens is 268 g/mol. The molecule has 0 radical (unpaired) electrons. The Morgan fingerprint density at radius 2 is 1.55 bits per heavy atom. The maximum Gasteiger partial charge on any atom is 0.0600 e. The molecular formula is C20H20N2. The van der Waals surface area contributed by atoms with E-state index < -0.39 is 0 Å². The van der Waals surface area contributed by atoms with Crippen molar-refractivity contribution in [3.63, 3.8) is 0 Å². The molecule has 0 N–H and O–H groups in total. The molecule has 3 heterocycles. The van der Waals surface area contributed by atoms with Crippen LogP contribution in [-0.4, -0.2) is 30.1 Å². The van der Waals surface area contributed by atoms with Gasteiger partial charge in [0.1, 0.15) is 0 Å². The Morgan fingerprint density at radius 3 is 2.32 bits per heavy atom. The highest BCUT2D eigenvalue weighted by molar-refractivity contribution is 5.51. The summed E-state index contributed by atoms with van der Waals surface area (Å²) in [5.74, 6) is 0.674. The minimum Gasteiger partial charge on any atom is -0.369 e. The molecule has 3 aliphatic heterocycles. The zero-order valence-corrected chi connectivity index (χ0v) is 12.6. The summed E-state index contributed by atoms with van der Waals surface area (Å²) in [4.78, 5) is 5.25. The first-order valence-corrected chi connectivity index (χ1v) is 8.17. The Bertz CT molecular complexity index is 709. The summed E-state index contributed by atoms with van der Waals surface area (Å²) in [5, 5.41) is 0. The van der Waals surface area contributed by atoms with Crippen LogP contribution < -0.4 is 4.90 Å². The molecule has 2 aromatic carbocycles. The van der Waals surface area contributed by atoms with Crippen LogP contribution in [0.3, 0.4) is 0 Å². The molecule has 22 heavy (non-hydrogen) atoms. The Hall–Kier alpha value is -2.06. The zero-order chi connectivity index (χ0) is 14.6. The Kier molecular flexibility index (Phi) is 2.53. The molecule has 2 heteroatoms. The summed E-state index contributed by atoms with van der Waals surface area (Å²) >= 11 is 0. The smallest absolute Gasteiger partial charge is 0.0600 e. The van der Waals surface area contributed by atoms with Crippen molar-refractivity contribution in [3.05, 3.63) is 78.4 Å². The Morgan fingerprint density at radius 1 is 0.818 bits per heavy atom. The van der Waals surface area contributed by atoms with Gasteiger partial charge < -0.3 is 4.90 Å². The number of rotatable bonds is 2. The van der Waals surface area contributed by atoms with Crippen LogP contribution in [-0.2, 0) is 0 Å². The Balaban J connectivity index is 1.43. The van der Waals surface area contributed by atoms with Crippen LogP contribution in [0.15, 0.2) is 72.8 Å². The van der Waals surface area contributed by atoms with Gasteiger partial charge >= 0.3 is 0 Å². The summed E-state index contributed by atoms with van der Waals surface area (Å²) in [6.45, 7) is 3.54. The standard InChI is InChI=1S/C20H20N2/c1-3-7-16(8-4-1)19-12-11-17-13-21(14-20(17)15-22(19)20)18-9-5-2-6-10-18/h1-12,17,19H,13-15H2/t17-,19+,20+,22?/m1/s1. The highest BCUT2D eigenvalue weighted by Crippen LogP contribution is 2.54. The van der Waals surface area contributed by atoms with Gasteiger partial charge in [0.2, 0.25) is 0 Å². The highest BCUT2D eigenvalue weighted by atomic mass is 15.4. The van der Waals surface area contributed by atoms with Crippen LogP contribution in [0.4, 0.5) is 5.69 Å². The maximum absolute atomic E-state index is 2.69. The van der Waals surface area contributed by atoms with E-state index >= 15 is 0 Å². The van der Waals surface area contributed by atoms with Gasteiger partial charge in [-0.3, -0.25) is 4.90 Å². The van der Waals surface area contributed by atoms with Crippen molar-refractivity contribution in [2.45, 2.75) is 11.6 Å². The SMILES string of the molecule is C1=C[C@@H](c2ccccc2)N2C[C@]23CN(c2ccccc2)C[C@@H]13. The van der Waals surface area contributed by atoms with Gasteiger partial charge in [0.25, 0.3) is 0 Å². The lowest BCUT2D eigenvalue weighted by molar-refractivity contribution is 0.325. The third kappa shape index (κ3) is 1.71. The molecule has 2 saturated heterocycles. The molecule has 2 aromatic rings. The molecule has 5 rings (SSSR count). The number of benzene rings is 2. The molecule has 0 saturated carbocycles. The predicted octanol–water partition coefficient (Wildman–Crippen LogP) is 3.49. The molecule has 1 spiro atoms. The van der Waals surface area contributed by atoms with Crippen LogP contribution in [0.25, 0.3) is 0 Å². The minimum atomic E-state index is 0.380. The molecule has 0 amide bonds. The average molecular weight is 288 g/mol. The molecule has 1 unspecified atom stereocenters. The quantitative estimate of drug-likeness (QED) is 0.616. The highest BCUT2D eigenvalue weighted by Gasteiger charge is 2.64. The largest absolute Gasteiger partial charge is 0.369 e. The van der Waals surface area contributed by atoms with Gasteiger partial charge in [0.15, 0.2) is 0 Å². The lowest BCUT2D eigenvalue weighted by atomic mass is 9.90. The molecule has 2 nitrogen and oxygen atoms in total. The third-order valence-electron chi connectivity index (χ3n) is 5.61. The van der Waals surface area contributed by atoms with Crippen LogP contribution in [0, 0.1) is 5.92 Å². The molecule has 4 atom stereocenters. The number of para-hydroxylation sites is 1. The molecule has 0 bridgehead atoms. The van der Waals surface area contributed by atoms with E-state index in [4.69, 9.17) is 0 Å². The fraction of sp³-hybridized carbons (Fsp3) is 0.300. The molecule has 2 fully saturated rings. The molecule has 0 aromatic heterocycles. The van der Waals surface area contributed by atoms with Gasteiger partial charge in [-0.05, 0) is 17.7 Å². The van der Waals surface area contributed by atoms with E-state index in [-0.39, 0.29) is 0 Å². The van der Waals surface area contributed by atoms with Crippen molar-refractivity contribution in [1.29, 1.82) is 0 Å². The van der Waals surface area contributed by atoms with Crippen LogP contribution in [0.5, 0.6) is 0 Å². The zero-order valence-electron chi connectivity index (χ0n) is 12.6. The lowest BCUT2D eigenvalue weighted by Crippen LogP contribution is -2.32. The summed E-state index contributed by atoms with van der Waals surface area (Å²) in [6.07, 6.45) is 4.89. The topological polar surface area (TPSA) is 6.25 Å². The van der Waals surface area contributed by atoms with E-state index in [1.54, 1.807) is 0 Å². The van der Waals surface area contributed by atoms with Gasteiger partial charge in [0, 0.05) is 31.2 Å². The lowest BCUT2D eigenvalue weighted by Gasteiger charge is -2.27. The van der Waals surface area contributed by atoms with Crippen LogP contribution in [0.2, 0.25) is 0 Å². The second-order valence-electron chi connectivity index (χ2n) is 6.79. The van der Waals surface area contributed by atoms with E-state index in [9.17, 15) is 0 Å². The number of hydrogen-bond acceptors (Lipinski definition) is 2. The van der Waals surface area contributed by atoms with Crippen molar-refractivity contribution in [2.24, 2.45) is 5.92 Å². The second-order valence-corrected chi connectivity index (χ2v) is 6.79. The fourth-order valence-electron chi connectivity index (χ4n) is 4.39. The van der Waals surface area contributed by atoms with E-state index in [0.717, 1.165) is 13.1 Å². The van der Waals surface area contributed by atoms with Crippen molar-refractivity contribution >= 4 is 5.69 Å². The predicted molar refractivity (Wildman–Crippen MR) is 89.9 cm³/mol. The van der Waals surface area contributed by atoms with Crippen LogP contribution >= 0.6 is 0 Å². The van der Waals surface area contributed by atoms with Gasteiger partial charge in [-0.15, -0.1) is 0 Å². The first-order chi connectivity index (χ1) is 10.9. The minimum absolute atomic E-state index is 0.380. The summed E-state index contributed by atoms with van der Waals surface area (Å²) in [5.41, 5.74) is 3.17. The van der Waals surface area contributed by atoms with Gasteiger partial charge in [-0.2, -0.15) is 0 Å². The van der Waals surface area contributed by atoms with Gasteiger partial charge in [-0.25, -0.2) is 0 Å². The van der Waals surface area contributed by atoms with Gasteiger partial charge in [0.05, 0.1) is 11.6 Å².